The number of carbonyl (C=O) groups excluding carboxylic acids is 1. The van der Waals surface area contributed by atoms with Crippen molar-refractivity contribution in [2.75, 3.05) is 5.32 Å². The zero-order chi connectivity index (χ0) is 18.8. The average Bonchev–Trinajstić information content (AvgIpc) is 3.03. The molecule has 0 bridgehead atoms. The first-order valence-corrected chi connectivity index (χ1v) is 8.35. The van der Waals surface area contributed by atoms with Crippen molar-refractivity contribution in [2.45, 2.75) is 19.8 Å². The number of hydrogen-bond acceptors (Lipinski definition) is 2. The number of amides is 1. The van der Waals surface area contributed by atoms with Gasteiger partial charge in [-0.25, -0.2) is 13.5 Å². The number of nitrogens with zero attached hydrogens (tertiary/aromatic N) is 2. The maximum Gasteiger partial charge on any atom is 0.259 e. The van der Waals surface area contributed by atoms with Gasteiger partial charge in [0.05, 0.1) is 28.8 Å². The molecule has 0 spiro atoms. The first-order valence-electron chi connectivity index (χ1n) is 7.97. The van der Waals surface area contributed by atoms with E-state index in [0.29, 0.717) is 16.4 Å². The monoisotopic (exact) mass is 375 g/mol. The Labute approximate surface area is 154 Å². The van der Waals surface area contributed by atoms with Crippen LogP contribution in [0.15, 0.2) is 48.7 Å². The molecule has 0 unspecified atom stereocenters. The van der Waals surface area contributed by atoms with Crippen molar-refractivity contribution in [3.63, 3.8) is 0 Å². The second-order valence-corrected chi connectivity index (χ2v) is 6.50. The molecule has 4 nitrogen and oxygen atoms in total. The number of anilines is 1. The Hall–Kier alpha value is -2.73. The fraction of sp³-hybridized carbons (Fsp3) is 0.158. The van der Waals surface area contributed by atoms with E-state index in [4.69, 9.17) is 11.6 Å². The van der Waals surface area contributed by atoms with Crippen LogP contribution in [0.25, 0.3) is 5.69 Å². The lowest BCUT2D eigenvalue weighted by atomic mass is 10.0. The van der Waals surface area contributed by atoms with Gasteiger partial charge in [-0.1, -0.05) is 31.5 Å². The number of benzene rings is 2. The minimum Gasteiger partial charge on any atom is -0.319 e. The summed E-state index contributed by atoms with van der Waals surface area (Å²) in [5.41, 5.74) is 1.41. The van der Waals surface area contributed by atoms with Crippen LogP contribution in [-0.2, 0) is 0 Å². The third kappa shape index (κ3) is 3.60. The largest absolute Gasteiger partial charge is 0.319 e. The summed E-state index contributed by atoms with van der Waals surface area (Å²) in [6, 6.07) is 9.96. The maximum atomic E-state index is 13.8. The van der Waals surface area contributed by atoms with Crippen LogP contribution in [0.3, 0.4) is 0 Å². The summed E-state index contributed by atoms with van der Waals surface area (Å²) in [5.74, 6) is -1.96. The van der Waals surface area contributed by atoms with Crippen molar-refractivity contribution in [2.24, 2.45) is 0 Å². The highest BCUT2D eigenvalue weighted by atomic mass is 35.5. The van der Waals surface area contributed by atoms with Crippen LogP contribution in [0, 0.1) is 11.6 Å². The summed E-state index contributed by atoms with van der Waals surface area (Å²) in [5, 5.41) is 7.23. The number of hydrogen-bond donors (Lipinski definition) is 1. The van der Waals surface area contributed by atoms with Crippen LogP contribution < -0.4 is 5.32 Å². The maximum absolute atomic E-state index is 13.8. The van der Waals surface area contributed by atoms with E-state index >= 15 is 0 Å². The van der Waals surface area contributed by atoms with Gasteiger partial charge < -0.3 is 5.32 Å². The van der Waals surface area contributed by atoms with E-state index in [1.807, 2.05) is 19.9 Å². The lowest BCUT2D eigenvalue weighted by Crippen LogP contribution is -2.16. The number of aromatic nitrogens is 2. The van der Waals surface area contributed by atoms with Crippen molar-refractivity contribution in [1.29, 1.82) is 0 Å². The van der Waals surface area contributed by atoms with E-state index < -0.39 is 17.5 Å². The normalized spacial score (nSPS) is 11.0. The Bertz CT molecular complexity index is 969. The molecule has 0 saturated carbocycles. The lowest BCUT2D eigenvalue weighted by molar-refractivity contribution is 0.102. The third-order valence-electron chi connectivity index (χ3n) is 3.83. The van der Waals surface area contributed by atoms with E-state index in [9.17, 15) is 13.6 Å². The molecule has 2 aromatic carbocycles. The number of rotatable bonds is 4. The zero-order valence-corrected chi connectivity index (χ0v) is 14.9. The second kappa shape index (κ2) is 7.25. The molecular weight excluding hydrogens is 360 g/mol. The summed E-state index contributed by atoms with van der Waals surface area (Å²) >= 11 is 6.04. The fourth-order valence-electron chi connectivity index (χ4n) is 2.68. The molecule has 0 aliphatic carbocycles. The van der Waals surface area contributed by atoms with E-state index in [1.54, 1.807) is 22.9 Å². The van der Waals surface area contributed by atoms with Gasteiger partial charge in [0.1, 0.15) is 11.6 Å². The Morgan fingerprint density at radius 2 is 1.96 bits per heavy atom. The Balaban J connectivity index is 2.00. The smallest absolute Gasteiger partial charge is 0.259 e. The van der Waals surface area contributed by atoms with Gasteiger partial charge in [-0.05, 0) is 36.2 Å². The van der Waals surface area contributed by atoms with Crippen molar-refractivity contribution in [3.8, 4) is 5.69 Å². The highest BCUT2D eigenvalue weighted by molar-refractivity contribution is 6.30. The van der Waals surface area contributed by atoms with Gasteiger partial charge in [0.25, 0.3) is 5.91 Å². The molecule has 1 amide bonds. The molecule has 3 rings (SSSR count). The molecule has 26 heavy (non-hydrogen) atoms. The van der Waals surface area contributed by atoms with Gasteiger partial charge >= 0.3 is 0 Å². The minimum absolute atomic E-state index is 0.0467. The Morgan fingerprint density at radius 3 is 2.65 bits per heavy atom. The minimum atomic E-state index is -0.715. The van der Waals surface area contributed by atoms with Gasteiger partial charge in [0, 0.05) is 11.1 Å². The summed E-state index contributed by atoms with van der Waals surface area (Å²) in [6.07, 6.45) is 1.41. The molecule has 1 N–H and O–H groups in total. The third-order valence-corrected chi connectivity index (χ3v) is 4.06. The predicted molar refractivity (Wildman–Crippen MR) is 97.0 cm³/mol. The Morgan fingerprint density at radius 1 is 1.19 bits per heavy atom. The van der Waals surface area contributed by atoms with Gasteiger partial charge in [0.15, 0.2) is 0 Å². The summed E-state index contributed by atoms with van der Waals surface area (Å²) < 4.78 is 28.7. The fourth-order valence-corrected chi connectivity index (χ4v) is 2.87. The molecular formula is C19H16ClF2N3O. The van der Waals surface area contributed by atoms with Crippen LogP contribution in [0.1, 0.15) is 35.8 Å². The highest BCUT2D eigenvalue weighted by Gasteiger charge is 2.22. The molecule has 134 valence electrons. The molecule has 7 heteroatoms. The second-order valence-electron chi connectivity index (χ2n) is 6.07. The SMILES string of the molecule is CC(C)c1c(C(=O)Nc2cc(F)ccc2F)cnn1-c1cccc(Cl)c1. The van der Waals surface area contributed by atoms with E-state index in [1.165, 1.54) is 6.20 Å². The number of nitrogens with one attached hydrogen (secondary N) is 1. The summed E-state index contributed by atoms with van der Waals surface area (Å²) in [6.45, 7) is 3.83. The number of carbonyl (C=O) groups is 1. The lowest BCUT2D eigenvalue weighted by Gasteiger charge is -2.13. The predicted octanol–water partition coefficient (Wildman–Crippen LogP) is 5.18. The molecule has 1 aromatic heterocycles. The first kappa shape index (κ1) is 18.1. The molecule has 0 aliphatic rings. The molecule has 0 atom stereocenters. The average molecular weight is 376 g/mol. The molecule has 0 aliphatic heterocycles. The topological polar surface area (TPSA) is 46.9 Å². The van der Waals surface area contributed by atoms with Crippen LogP contribution in [0.5, 0.6) is 0 Å². The van der Waals surface area contributed by atoms with Crippen molar-refractivity contribution >= 4 is 23.2 Å². The molecule has 0 fully saturated rings. The Kier molecular flexibility index (Phi) is 5.04. The van der Waals surface area contributed by atoms with Crippen molar-refractivity contribution < 1.29 is 13.6 Å². The molecule has 3 aromatic rings. The standard InChI is InChI=1S/C19H16ClF2N3O/c1-11(2)18-15(10-23-25(18)14-5-3-4-12(20)8-14)19(26)24-17-9-13(21)6-7-16(17)22/h3-11H,1-2H3,(H,24,26). The quantitative estimate of drug-likeness (QED) is 0.683. The van der Waals surface area contributed by atoms with Crippen LogP contribution >= 0.6 is 11.6 Å². The van der Waals surface area contributed by atoms with Crippen LogP contribution in [0.2, 0.25) is 5.02 Å². The number of halogens is 3. The van der Waals surface area contributed by atoms with Gasteiger partial charge in [0.2, 0.25) is 0 Å². The van der Waals surface area contributed by atoms with Gasteiger partial charge in [-0.2, -0.15) is 5.10 Å². The summed E-state index contributed by atoms with van der Waals surface area (Å²) in [4.78, 5) is 12.6. The van der Waals surface area contributed by atoms with Gasteiger partial charge in [-0.15, -0.1) is 0 Å². The van der Waals surface area contributed by atoms with Crippen LogP contribution in [0.4, 0.5) is 14.5 Å². The molecule has 0 radical (unpaired) electrons. The van der Waals surface area contributed by atoms with E-state index in [-0.39, 0.29) is 17.2 Å². The van der Waals surface area contributed by atoms with Crippen molar-refractivity contribution in [3.05, 3.63) is 76.6 Å². The van der Waals surface area contributed by atoms with E-state index in [2.05, 4.69) is 10.4 Å². The highest BCUT2D eigenvalue weighted by Crippen LogP contribution is 2.26. The molecule has 1 heterocycles. The molecule has 0 saturated heterocycles. The zero-order valence-electron chi connectivity index (χ0n) is 14.1. The van der Waals surface area contributed by atoms with Crippen molar-refractivity contribution in [1.82, 2.24) is 9.78 Å². The van der Waals surface area contributed by atoms with Crippen LogP contribution in [-0.4, -0.2) is 15.7 Å². The first-order chi connectivity index (χ1) is 12.4. The van der Waals surface area contributed by atoms with Gasteiger partial charge in [-0.3, -0.25) is 4.79 Å². The van der Waals surface area contributed by atoms with E-state index in [0.717, 1.165) is 18.2 Å². The summed E-state index contributed by atoms with van der Waals surface area (Å²) in [7, 11) is 0.